The molecule has 0 aromatic heterocycles. The van der Waals surface area contributed by atoms with Crippen molar-refractivity contribution in [3.05, 3.63) is 0 Å². The van der Waals surface area contributed by atoms with E-state index in [0.29, 0.717) is 17.2 Å². The van der Waals surface area contributed by atoms with Gasteiger partial charge in [-0.3, -0.25) is 9.10 Å². The number of amides is 1. The van der Waals surface area contributed by atoms with Crippen LogP contribution >= 0.6 is 11.9 Å². The molecule has 1 amide bonds. The van der Waals surface area contributed by atoms with Crippen molar-refractivity contribution in [3.8, 4) is 0 Å². The second-order valence-electron chi connectivity index (χ2n) is 8.05. The lowest BCUT2D eigenvalue weighted by Gasteiger charge is -2.42. The maximum atomic E-state index is 12.5. The first-order valence-electron chi connectivity index (χ1n) is 9.86. The van der Waals surface area contributed by atoms with Gasteiger partial charge in [-0.25, -0.2) is 0 Å². The maximum absolute atomic E-state index is 12.5. The number of hydrogen-bond donors (Lipinski definition) is 1. The molecule has 2 aliphatic carbocycles. The van der Waals surface area contributed by atoms with Gasteiger partial charge < -0.3 is 5.32 Å². The molecule has 4 heteroatoms. The molecule has 1 aliphatic heterocycles. The molecular formula is C19H34N2OS. The summed E-state index contributed by atoms with van der Waals surface area (Å²) in [6.45, 7) is 5.57. The summed E-state index contributed by atoms with van der Waals surface area (Å²) >= 11 is 1.98. The van der Waals surface area contributed by atoms with E-state index in [2.05, 4.69) is 16.5 Å². The van der Waals surface area contributed by atoms with Crippen molar-refractivity contribution in [1.29, 1.82) is 0 Å². The molecule has 3 rings (SSSR count). The van der Waals surface area contributed by atoms with Crippen LogP contribution in [0.2, 0.25) is 0 Å². The highest BCUT2D eigenvalue weighted by molar-refractivity contribution is 7.96. The zero-order valence-electron chi connectivity index (χ0n) is 14.8. The Bertz CT molecular complexity index is 383. The van der Waals surface area contributed by atoms with Crippen molar-refractivity contribution >= 4 is 17.9 Å². The van der Waals surface area contributed by atoms with Crippen LogP contribution in [0, 0.1) is 17.3 Å². The molecule has 0 unspecified atom stereocenters. The molecule has 3 fully saturated rings. The van der Waals surface area contributed by atoms with E-state index in [9.17, 15) is 4.79 Å². The van der Waals surface area contributed by atoms with Crippen LogP contribution in [0.15, 0.2) is 0 Å². The fourth-order valence-electron chi connectivity index (χ4n) is 4.44. The van der Waals surface area contributed by atoms with Crippen LogP contribution in [0.25, 0.3) is 0 Å². The quantitative estimate of drug-likeness (QED) is 0.705. The van der Waals surface area contributed by atoms with Crippen molar-refractivity contribution in [1.82, 2.24) is 9.62 Å². The maximum Gasteiger partial charge on any atom is 0.223 e. The van der Waals surface area contributed by atoms with E-state index in [4.69, 9.17) is 0 Å². The molecule has 1 N–H and O–H groups in total. The predicted octanol–water partition coefficient (Wildman–Crippen LogP) is 4.23. The van der Waals surface area contributed by atoms with Gasteiger partial charge in [-0.05, 0) is 43.4 Å². The molecule has 23 heavy (non-hydrogen) atoms. The number of rotatable bonds is 7. The largest absolute Gasteiger partial charge is 0.355 e. The third-order valence-corrected chi connectivity index (χ3v) is 7.12. The molecule has 0 bridgehead atoms. The second kappa shape index (κ2) is 8.24. The smallest absolute Gasteiger partial charge is 0.223 e. The fraction of sp³-hybridized carbons (Fsp3) is 0.947. The van der Waals surface area contributed by atoms with Gasteiger partial charge in [0.2, 0.25) is 5.91 Å². The van der Waals surface area contributed by atoms with E-state index in [1.807, 2.05) is 11.9 Å². The number of piperidine rings is 1. The summed E-state index contributed by atoms with van der Waals surface area (Å²) in [4.78, 5) is 12.5. The SMILES string of the molecule is CCSN1CCC(CNC(=O)C2CCCCC2)(CC2CC2)CC1. The second-order valence-corrected chi connectivity index (χ2v) is 9.40. The lowest BCUT2D eigenvalue weighted by molar-refractivity contribution is -0.126. The Morgan fingerprint density at radius 1 is 1.13 bits per heavy atom. The van der Waals surface area contributed by atoms with E-state index >= 15 is 0 Å². The highest BCUT2D eigenvalue weighted by Gasteiger charge is 2.40. The summed E-state index contributed by atoms with van der Waals surface area (Å²) in [5.41, 5.74) is 0.385. The van der Waals surface area contributed by atoms with Crippen molar-refractivity contribution in [2.75, 3.05) is 25.4 Å². The Labute approximate surface area is 146 Å². The van der Waals surface area contributed by atoms with Gasteiger partial charge in [0, 0.05) is 31.3 Å². The van der Waals surface area contributed by atoms with Gasteiger partial charge >= 0.3 is 0 Å². The number of hydrogen-bond acceptors (Lipinski definition) is 3. The zero-order chi connectivity index (χ0) is 16.1. The number of carbonyl (C=O) groups excluding carboxylic acids is 1. The summed E-state index contributed by atoms with van der Waals surface area (Å²) in [6, 6.07) is 0. The first-order valence-corrected chi connectivity index (χ1v) is 10.8. The monoisotopic (exact) mass is 338 g/mol. The summed E-state index contributed by atoms with van der Waals surface area (Å²) < 4.78 is 2.54. The van der Waals surface area contributed by atoms with E-state index in [0.717, 1.165) is 25.3 Å². The summed E-state index contributed by atoms with van der Waals surface area (Å²) in [7, 11) is 0. The number of carbonyl (C=O) groups is 1. The van der Waals surface area contributed by atoms with Crippen molar-refractivity contribution in [2.45, 2.75) is 71.1 Å². The average Bonchev–Trinajstić information content (AvgIpc) is 3.40. The van der Waals surface area contributed by atoms with E-state index in [1.54, 1.807) is 0 Å². The van der Waals surface area contributed by atoms with E-state index in [1.165, 1.54) is 70.2 Å². The first kappa shape index (κ1) is 17.6. The minimum atomic E-state index is 0.303. The third-order valence-electron chi connectivity index (χ3n) is 6.13. The highest BCUT2D eigenvalue weighted by atomic mass is 32.2. The Balaban J connectivity index is 1.51. The van der Waals surface area contributed by atoms with Crippen LogP contribution in [0.5, 0.6) is 0 Å². The molecule has 3 aliphatic rings. The molecule has 1 heterocycles. The lowest BCUT2D eigenvalue weighted by Crippen LogP contribution is -2.46. The molecule has 132 valence electrons. The first-order chi connectivity index (χ1) is 11.2. The number of nitrogens with zero attached hydrogens (tertiary/aromatic N) is 1. The zero-order valence-corrected chi connectivity index (χ0v) is 15.6. The molecule has 3 nitrogen and oxygen atoms in total. The van der Waals surface area contributed by atoms with Gasteiger partial charge in [0.1, 0.15) is 0 Å². The molecule has 0 atom stereocenters. The standard InChI is InChI=1S/C19H34N2OS/c1-2-23-21-12-10-19(11-13-21,14-16-8-9-16)15-20-18(22)17-6-4-3-5-7-17/h16-17H,2-15H2,1H3,(H,20,22). The minimum absolute atomic E-state index is 0.303. The molecule has 0 radical (unpaired) electrons. The van der Waals surface area contributed by atoms with Gasteiger partial charge in [0.15, 0.2) is 0 Å². The Hall–Kier alpha value is -0.220. The predicted molar refractivity (Wildman–Crippen MR) is 98.3 cm³/mol. The molecular weight excluding hydrogens is 304 g/mol. The van der Waals surface area contributed by atoms with Crippen LogP contribution in [0.3, 0.4) is 0 Å². The van der Waals surface area contributed by atoms with Crippen molar-refractivity contribution < 1.29 is 4.79 Å². The Morgan fingerprint density at radius 3 is 2.43 bits per heavy atom. The highest BCUT2D eigenvalue weighted by Crippen LogP contribution is 2.46. The lowest BCUT2D eigenvalue weighted by atomic mass is 9.74. The fourth-order valence-corrected chi connectivity index (χ4v) is 5.25. The minimum Gasteiger partial charge on any atom is -0.355 e. The van der Waals surface area contributed by atoms with Crippen LogP contribution < -0.4 is 5.32 Å². The van der Waals surface area contributed by atoms with Gasteiger partial charge in [0.25, 0.3) is 0 Å². The summed E-state index contributed by atoms with van der Waals surface area (Å²) in [5.74, 6) is 2.78. The van der Waals surface area contributed by atoms with E-state index in [-0.39, 0.29) is 0 Å². The normalized spacial score (nSPS) is 26.1. The van der Waals surface area contributed by atoms with Gasteiger partial charge in [-0.2, -0.15) is 0 Å². The third kappa shape index (κ3) is 5.12. The van der Waals surface area contributed by atoms with E-state index < -0.39 is 0 Å². The van der Waals surface area contributed by atoms with Gasteiger partial charge in [-0.15, -0.1) is 0 Å². The van der Waals surface area contributed by atoms with Crippen LogP contribution in [-0.2, 0) is 4.79 Å². The summed E-state index contributed by atoms with van der Waals surface area (Å²) in [5, 5.41) is 3.38. The van der Waals surface area contributed by atoms with Crippen LogP contribution in [0.1, 0.15) is 71.1 Å². The molecule has 2 saturated carbocycles. The van der Waals surface area contributed by atoms with Crippen molar-refractivity contribution in [3.63, 3.8) is 0 Å². The molecule has 0 aromatic carbocycles. The Morgan fingerprint density at radius 2 is 1.83 bits per heavy atom. The average molecular weight is 339 g/mol. The van der Waals surface area contributed by atoms with Gasteiger partial charge in [-0.1, -0.05) is 51.0 Å². The van der Waals surface area contributed by atoms with Crippen LogP contribution in [0.4, 0.5) is 0 Å². The van der Waals surface area contributed by atoms with Crippen LogP contribution in [-0.4, -0.2) is 35.6 Å². The molecule has 1 saturated heterocycles. The molecule has 0 aromatic rings. The topological polar surface area (TPSA) is 32.3 Å². The van der Waals surface area contributed by atoms with Crippen molar-refractivity contribution in [2.24, 2.45) is 17.3 Å². The Kier molecular flexibility index (Phi) is 6.31. The van der Waals surface area contributed by atoms with Gasteiger partial charge in [0.05, 0.1) is 0 Å². The molecule has 0 spiro atoms. The summed E-state index contributed by atoms with van der Waals surface area (Å²) in [6.07, 6.45) is 12.8. The number of nitrogens with one attached hydrogen (secondary N) is 1.